The summed E-state index contributed by atoms with van der Waals surface area (Å²) in [5.41, 5.74) is 0. The molecule has 0 aromatic carbocycles. The Bertz CT molecular complexity index is 220. The van der Waals surface area contributed by atoms with Gasteiger partial charge in [0.15, 0.2) is 0 Å². The first-order valence-electron chi connectivity index (χ1n) is 4.00. The lowest BCUT2D eigenvalue weighted by Gasteiger charge is -2.05. The zero-order valence-corrected chi connectivity index (χ0v) is 7.47. The van der Waals surface area contributed by atoms with E-state index in [9.17, 15) is 8.42 Å². The molecule has 1 saturated carbocycles. The molecule has 0 bridgehead atoms. The van der Waals surface area contributed by atoms with Gasteiger partial charge < -0.3 is 0 Å². The van der Waals surface area contributed by atoms with Crippen molar-refractivity contribution in [3.05, 3.63) is 0 Å². The Morgan fingerprint density at radius 3 is 2.36 bits per heavy atom. The van der Waals surface area contributed by atoms with Gasteiger partial charge in [-0.15, -0.1) is 0 Å². The summed E-state index contributed by atoms with van der Waals surface area (Å²) < 4.78 is 30.0. The number of rotatable bonds is 2. The van der Waals surface area contributed by atoms with Gasteiger partial charge >= 0.3 is 0 Å². The minimum absolute atomic E-state index is 0.479. The average molecular weight is 178 g/mol. The van der Waals surface area contributed by atoms with E-state index in [1.54, 1.807) is 0 Å². The van der Waals surface area contributed by atoms with Crippen LogP contribution in [-0.4, -0.2) is 18.2 Å². The molecule has 1 aliphatic carbocycles. The van der Waals surface area contributed by atoms with Crippen LogP contribution in [0.1, 0.15) is 32.6 Å². The number of hydrogen-bond donors (Lipinski definition) is 1. The van der Waals surface area contributed by atoms with Gasteiger partial charge in [0, 0.05) is 0 Å². The van der Waals surface area contributed by atoms with E-state index in [-0.39, 0.29) is 0 Å². The molecule has 0 aromatic heterocycles. The predicted molar refractivity (Wildman–Crippen MR) is 43.0 cm³/mol. The third kappa shape index (κ3) is 2.17. The van der Waals surface area contributed by atoms with Crippen molar-refractivity contribution in [3.8, 4) is 0 Å². The van der Waals surface area contributed by atoms with Crippen LogP contribution in [0.4, 0.5) is 0 Å². The van der Waals surface area contributed by atoms with E-state index in [0.29, 0.717) is 18.8 Å². The molecule has 0 amide bonds. The smallest absolute Gasteiger partial charge is 0.267 e. The van der Waals surface area contributed by atoms with Gasteiger partial charge in [-0.05, 0) is 25.2 Å². The Kier molecular flexibility index (Phi) is 2.54. The summed E-state index contributed by atoms with van der Waals surface area (Å²) in [6, 6.07) is 0. The van der Waals surface area contributed by atoms with E-state index in [0.717, 1.165) is 12.8 Å². The highest BCUT2D eigenvalue weighted by atomic mass is 32.2. The lowest BCUT2D eigenvalue weighted by molar-refractivity contribution is 0.461. The van der Waals surface area contributed by atoms with Crippen molar-refractivity contribution in [2.75, 3.05) is 0 Å². The van der Waals surface area contributed by atoms with E-state index in [1.807, 2.05) is 0 Å². The first kappa shape index (κ1) is 9.00. The van der Waals surface area contributed by atoms with E-state index < -0.39 is 15.4 Å². The molecule has 0 aromatic rings. The third-order valence-electron chi connectivity index (χ3n) is 2.49. The molecule has 0 heterocycles. The molecule has 2 unspecified atom stereocenters. The molecule has 1 fully saturated rings. The first-order valence-corrected chi connectivity index (χ1v) is 5.50. The summed E-state index contributed by atoms with van der Waals surface area (Å²) in [5.74, 6) is 0.502. The molecule has 66 valence electrons. The van der Waals surface area contributed by atoms with Crippen LogP contribution in [0.5, 0.6) is 0 Å². The Morgan fingerprint density at radius 1 is 1.45 bits per heavy atom. The third-order valence-corrected chi connectivity index (χ3v) is 3.76. The topological polar surface area (TPSA) is 54.4 Å². The van der Waals surface area contributed by atoms with E-state index in [4.69, 9.17) is 4.55 Å². The summed E-state index contributed by atoms with van der Waals surface area (Å²) in [4.78, 5) is 0. The van der Waals surface area contributed by atoms with Crippen LogP contribution < -0.4 is 0 Å². The summed E-state index contributed by atoms with van der Waals surface area (Å²) in [6.45, 7) is 2.05. The lowest BCUT2D eigenvalue weighted by atomic mass is 10.1. The van der Waals surface area contributed by atoms with E-state index >= 15 is 0 Å². The molecular formula is C7H14O3S. The van der Waals surface area contributed by atoms with Gasteiger partial charge in [-0.1, -0.05) is 13.3 Å². The molecule has 0 radical (unpaired) electrons. The quantitative estimate of drug-likeness (QED) is 0.651. The van der Waals surface area contributed by atoms with Crippen LogP contribution in [0.3, 0.4) is 0 Å². The fourth-order valence-electron chi connectivity index (χ4n) is 1.67. The molecule has 0 saturated heterocycles. The van der Waals surface area contributed by atoms with Crippen LogP contribution in [0, 0.1) is 5.92 Å². The lowest BCUT2D eigenvalue weighted by Crippen LogP contribution is -2.16. The van der Waals surface area contributed by atoms with Crippen LogP contribution in [0.2, 0.25) is 0 Å². The molecule has 2 atom stereocenters. The second kappa shape index (κ2) is 3.11. The second-order valence-corrected chi connectivity index (χ2v) is 4.92. The Labute approximate surface area is 67.6 Å². The van der Waals surface area contributed by atoms with E-state index in [2.05, 4.69) is 6.92 Å². The van der Waals surface area contributed by atoms with Crippen molar-refractivity contribution >= 4 is 10.1 Å². The zero-order chi connectivity index (χ0) is 8.48. The van der Waals surface area contributed by atoms with E-state index in [1.165, 1.54) is 0 Å². The Balaban J connectivity index is 2.55. The largest absolute Gasteiger partial charge is 0.285 e. The monoisotopic (exact) mass is 178 g/mol. The van der Waals surface area contributed by atoms with Gasteiger partial charge in [-0.3, -0.25) is 4.55 Å². The molecule has 3 nitrogen and oxygen atoms in total. The molecule has 4 heteroatoms. The van der Waals surface area contributed by atoms with Crippen LogP contribution >= 0.6 is 0 Å². The minimum atomic E-state index is -3.75. The fourth-order valence-corrected chi connectivity index (χ4v) is 2.62. The van der Waals surface area contributed by atoms with Crippen molar-refractivity contribution in [1.29, 1.82) is 0 Å². The number of hydrogen-bond acceptors (Lipinski definition) is 2. The summed E-state index contributed by atoms with van der Waals surface area (Å²) in [5, 5.41) is -0.479. The second-order valence-electron chi connectivity index (χ2n) is 3.22. The zero-order valence-electron chi connectivity index (χ0n) is 6.66. The average Bonchev–Trinajstić information content (AvgIpc) is 2.32. The standard InChI is InChI=1S/C7H14O3S/c1-2-6-3-4-7(5-6)11(8,9)10/h6-7H,2-5H2,1H3,(H,8,9,10). The summed E-state index contributed by atoms with van der Waals surface area (Å²) >= 11 is 0. The summed E-state index contributed by atoms with van der Waals surface area (Å²) in [6.07, 6.45) is 3.25. The predicted octanol–water partition coefficient (Wildman–Crippen LogP) is 1.45. The molecule has 1 rings (SSSR count). The highest BCUT2D eigenvalue weighted by Gasteiger charge is 2.31. The van der Waals surface area contributed by atoms with Crippen LogP contribution in [-0.2, 0) is 10.1 Å². The Morgan fingerprint density at radius 2 is 2.09 bits per heavy atom. The highest BCUT2D eigenvalue weighted by Crippen LogP contribution is 2.31. The molecule has 0 aliphatic heterocycles. The van der Waals surface area contributed by atoms with Gasteiger partial charge in [-0.2, -0.15) is 8.42 Å². The van der Waals surface area contributed by atoms with Gasteiger partial charge in [0.2, 0.25) is 0 Å². The van der Waals surface area contributed by atoms with Crippen molar-refractivity contribution in [2.45, 2.75) is 37.9 Å². The van der Waals surface area contributed by atoms with Gasteiger partial charge in [-0.25, -0.2) is 0 Å². The van der Waals surface area contributed by atoms with Crippen molar-refractivity contribution in [3.63, 3.8) is 0 Å². The maximum absolute atomic E-state index is 10.7. The molecule has 1 aliphatic rings. The minimum Gasteiger partial charge on any atom is -0.285 e. The molecule has 11 heavy (non-hydrogen) atoms. The van der Waals surface area contributed by atoms with Gasteiger partial charge in [0.1, 0.15) is 0 Å². The van der Waals surface area contributed by atoms with Crippen molar-refractivity contribution in [2.24, 2.45) is 5.92 Å². The fraction of sp³-hybridized carbons (Fsp3) is 1.00. The first-order chi connectivity index (χ1) is 5.04. The summed E-state index contributed by atoms with van der Waals surface area (Å²) in [7, 11) is -3.75. The highest BCUT2D eigenvalue weighted by molar-refractivity contribution is 7.86. The van der Waals surface area contributed by atoms with Gasteiger partial charge in [0.25, 0.3) is 10.1 Å². The van der Waals surface area contributed by atoms with Crippen LogP contribution in [0.15, 0.2) is 0 Å². The maximum Gasteiger partial charge on any atom is 0.267 e. The van der Waals surface area contributed by atoms with Gasteiger partial charge in [0.05, 0.1) is 5.25 Å². The van der Waals surface area contributed by atoms with Crippen molar-refractivity contribution < 1.29 is 13.0 Å². The molecule has 1 N–H and O–H groups in total. The normalized spacial score (nSPS) is 32.5. The Hall–Kier alpha value is -0.0900. The molecular weight excluding hydrogens is 164 g/mol. The molecule has 0 spiro atoms. The van der Waals surface area contributed by atoms with Crippen LogP contribution in [0.25, 0.3) is 0 Å². The SMILES string of the molecule is CCC1CCC(S(=O)(=O)O)C1. The van der Waals surface area contributed by atoms with Crippen molar-refractivity contribution in [1.82, 2.24) is 0 Å². The maximum atomic E-state index is 10.7.